The number of ether oxygens (including phenoxy) is 1. The van der Waals surface area contributed by atoms with Gasteiger partial charge in [-0.3, -0.25) is 16.2 Å². The minimum absolute atomic E-state index is 0.125. The number of hydrogen-bond acceptors (Lipinski definition) is 4. The Balaban J connectivity index is 2.86. The minimum atomic E-state index is 0.125. The Morgan fingerprint density at radius 2 is 1.83 bits per heavy atom. The van der Waals surface area contributed by atoms with Crippen molar-refractivity contribution < 1.29 is 4.74 Å². The second kappa shape index (κ2) is 7.43. The van der Waals surface area contributed by atoms with E-state index < -0.39 is 0 Å². The number of hydrazine groups is 1. The maximum absolute atomic E-state index is 5.90. The number of rotatable bonds is 7. The first-order chi connectivity index (χ1) is 8.63. The highest BCUT2D eigenvalue weighted by atomic mass is 16.5. The smallest absolute Gasteiger partial charge is 0.0469 e. The van der Waals surface area contributed by atoms with Gasteiger partial charge in [-0.2, -0.15) is 0 Å². The van der Waals surface area contributed by atoms with Crippen molar-refractivity contribution in [1.82, 2.24) is 10.3 Å². The molecule has 1 aliphatic rings. The summed E-state index contributed by atoms with van der Waals surface area (Å²) in [4.78, 5) is 2.53. The van der Waals surface area contributed by atoms with Gasteiger partial charge in [0, 0.05) is 24.8 Å². The van der Waals surface area contributed by atoms with Gasteiger partial charge in [0.2, 0.25) is 0 Å². The molecule has 1 heterocycles. The van der Waals surface area contributed by atoms with Gasteiger partial charge in [0.25, 0.3) is 0 Å². The molecule has 1 rings (SSSR count). The summed E-state index contributed by atoms with van der Waals surface area (Å²) in [5.74, 6) is 6.51. The van der Waals surface area contributed by atoms with Crippen molar-refractivity contribution in [2.24, 2.45) is 11.8 Å². The van der Waals surface area contributed by atoms with Crippen LogP contribution in [0.15, 0.2) is 0 Å². The fraction of sp³-hybridized carbons (Fsp3) is 1.00. The zero-order chi connectivity index (χ0) is 13.6. The van der Waals surface area contributed by atoms with E-state index in [0.717, 1.165) is 45.6 Å². The Bertz CT molecular complexity index is 227. The lowest BCUT2D eigenvalue weighted by atomic mass is 9.77. The number of hydrogen-bond donors (Lipinski definition) is 2. The zero-order valence-electron chi connectivity index (χ0n) is 12.5. The molecule has 0 amide bonds. The van der Waals surface area contributed by atoms with Gasteiger partial charge >= 0.3 is 0 Å². The van der Waals surface area contributed by atoms with E-state index in [9.17, 15) is 0 Å². The summed E-state index contributed by atoms with van der Waals surface area (Å²) in [5.41, 5.74) is 3.24. The molecule has 0 aliphatic carbocycles. The molecule has 0 aromatic carbocycles. The highest BCUT2D eigenvalue weighted by molar-refractivity contribution is 4.98. The fourth-order valence-corrected chi connectivity index (χ4v) is 3.46. The first kappa shape index (κ1) is 15.9. The van der Waals surface area contributed by atoms with Crippen LogP contribution in [0.3, 0.4) is 0 Å². The average molecular weight is 257 g/mol. The third-order valence-electron chi connectivity index (χ3n) is 4.79. The Morgan fingerprint density at radius 1 is 1.28 bits per heavy atom. The highest BCUT2D eigenvalue weighted by Gasteiger charge is 2.41. The van der Waals surface area contributed by atoms with E-state index >= 15 is 0 Å². The van der Waals surface area contributed by atoms with Crippen molar-refractivity contribution in [2.75, 3.05) is 26.3 Å². The predicted molar refractivity (Wildman–Crippen MR) is 76.3 cm³/mol. The summed E-state index contributed by atoms with van der Waals surface area (Å²) < 4.78 is 5.47. The summed E-state index contributed by atoms with van der Waals surface area (Å²) >= 11 is 0. The molecular weight excluding hydrogens is 226 g/mol. The molecule has 0 saturated carbocycles. The Morgan fingerprint density at radius 3 is 2.22 bits per heavy atom. The van der Waals surface area contributed by atoms with Crippen LogP contribution in [0.4, 0.5) is 0 Å². The van der Waals surface area contributed by atoms with Gasteiger partial charge in [0.05, 0.1) is 0 Å². The van der Waals surface area contributed by atoms with Crippen molar-refractivity contribution in [2.45, 2.75) is 58.5 Å². The van der Waals surface area contributed by atoms with Gasteiger partial charge in [0.15, 0.2) is 0 Å². The fourth-order valence-electron chi connectivity index (χ4n) is 3.46. The molecule has 108 valence electrons. The molecule has 0 aromatic heterocycles. The standard InChI is InChI=1S/C14H31N3O/c1-5-14(4,17(6-2)7-3)13(16-15)12-8-10-18-11-9-12/h12-13,16H,5-11,15H2,1-4H3. The number of likely N-dealkylation sites (N-methyl/N-ethyl adjacent to an activating group) is 1. The summed E-state index contributed by atoms with van der Waals surface area (Å²) in [6, 6.07) is 0.339. The zero-order valence-corrected chi connectivity index (χ0v) is 12.5. The monoisotopic (exact) mass is 257 g/mol. The van der Waals surface area contributed by atoms with Gasteiger partial charge in [0.1, 0.15) is 0 Å². The van der Waals surface area contributed by atoms with Crippen LogP contribution in [0.25, 0.3) is 0 Å². The molecule has 0 bridgehead atoms. The van der Waals surface area contributed by atoms with E-state index in [4.69, 9.17) is 10.6 Å². The first-order valence-corrected chi connectivity index (χ1v) is 7.42. The molecule has 0 radical (unpaired) electrons. The van der Waals surface area contributed by atoms with E-state index in [1.54, 1.807) is 0 Å². The Hall–Kier alpha value is -0.160. The molecule has 4 nitrogen and oxygen atoms in total. The van der Waals surface area contributed by atoms with Crippen LogP contribution in [-0.2, 0) is 4.74 Å². The van der Waals surface area contributed by atoms with Gasteiger partial charge in [-0.1, -0.05) is 20.8 Å². The SMILES string of the molecule is CCN(CC)C(C)(CC)C(NN)C1CCOCC1. The van der Waals surface area contributed by atoms with Crippen molar-refractivity contribution in [3.05, 3.63) is 0 Å². The number of nitrogens with two attached hydrogens (primary N) is 1. The lowest BCUT2D eigenvalue weighted by molar-refractivity contribution is -0.000719. The van der Waals surface area contributed by atoms with Gasteiger partial charge in [-0.15, -0.1) is 0 Å². The van der Waals surface area contributed by atoms with E-state index in [-0.39, 0.29) is 5.54 Å². The van der Waals surface area contributed by atoms with Gasteiger partial charge < -0.3 is 4.74 Å². The normalized spacial score (nSPS) is 23.0. The number of nitrogens with zero attached hydrogens (tertiary/aromatic N) is 1. The largest absolute Gasteiger partial charge is 0.381 e. The topological polar surface area (TPSA) is 50.5 Å². The summed E-state index contributed by atoms with van der Waals surface area (Å²) in [5, 5.41) is 0. The molecule has 3 N–H and O–H groups in total. The molecular formula is C14H31N3O. The third-order valence-corrected chi connectivity index (χ3v) is 4.79. The summed E-state index contributed by atoms with van der Waals surface area (Å²) in [6.07, 6.45) is 3.35. The quantitative estimate of drug-likeness (QED) is 0.539. The molecule has 18 heavy (non-hydrogen) atoms. The molecule has 1 saturated heterocycles. The second-order valence-electron chi connectivity index (χ2n) is 5.48. The van der Waals surface area contributed by atoms with Crippen LogP contribution in [0.1, 0.15) is 47.0 Å². The lowest BCUT2D eigenvalue weighted by Gasteiger charge is -2.49. The molecule has 0 aromatic rings. The molecule has 1 fully saturated rings. The predicted octanol–water partition coefficient (Wildman–Crippen LogP) is 1.76. The maximum atomic E-state index is 5.90. The van der Waals surface area contributed by atoms with Crippen LogP contribution >= 0.6 is 0 Å². The van der Waals surface area contributed by atoms with Gasteiger partial charge in [-0.05, 0) is 45.2 Å². The lowest BCUT2D eigenvalue weighted by Crippen LogP contribution is -2.64. The number of nitrogens with one attached hydrogen (secondary N) is 1. The van der Waals surface area contributed by atoms with Crippen molar-refractivity contribution >= 4 is 0 Å². The molecule has 2 unspecified atom stereocenters. The molecule has 4 heteroatoms. The van der Waals surface area contributed by atoms with E-state index in [1.165, 1.54) is 0 Å². The van der Waals surface area contributed by atoms with E-state index in [2.05, 4.69) is 38.0 Å². The Labute approximate surface area is 112 Å². The van der Waals surface area contributed by atoms with Crippen molar-refractivity contribution in [3.8, 4) is 0 Å². The molecule has 2 atom stereocenters. The van der Waals surface area contributed by atoms with E-state index in [1.807, 2.05) is 0 Å². The van der Waals surface area contributed by atoms with Crippen LogP contribution < -0.4 is 11.3 Å². The van der Waals surface area contributed by atoms with Crippen LogP contribution in [0.5, 0.6) is 0 Å². The third kappa shape index (κ3) is 3.23. The summed E-state index contributed by atoms with van der Waals surface area (Å²) in [7, 11) is 0. The maximum Gasteiger partial charge on any atom is 0.0469 e. The Kier molecular flexibility index (Phi) is 6.57. The minimum Gasteiger partial charge on any atom is -0.381 e. The van der Waals surface area contributed by atoms with Crippen LogP contribution in [0.2, 0.25) is 0 Å². The van der Waals surface area contributed by atoms with Crippen molar-refractivity contribution in [1.29, 1.82) is 0 Å². The van der Waals surface area contributed by atoms with Crippen molar-refractivity contribution in [3.63, 3.8) is 0 Å². The highest BCUT2D eigenvalue weighted by Crippen LogP contribution is 2.32. The molecule has 0 spiro atoms. The van der Waals surface area contributed by atoms with E-state index in [0.29, 0.717) is 12.0 Å². The first-order valence-electron chi connectivity index (χ1n) is 7.42. The van der Waals surface area contributed by atoms with Gasteiger partial charge in [-0.25, -0.2) is 0 Å². The average Bonchev–Trinajstić information content (AvgIpc) is 2.42. The molecule has 1 aliphatic heterocycles. The van der Waals surface area contributed by atoms with Crippen LogP contribution in [0, 0.1) is 5.92 Å². The summed E-state index contributed by atoms with van der Waals surface area (Å²) in [6.45, 7) is 13.0. The second-order valence-corrected chi connectivity index (χ2v) is 5.48. The van der Waals surface area contributed by atoms with Crippen LogP contribution in [-0.4, -0.2) is 42.8 Å².